The molecule has 1 heterocycles. The van der Waals surface area contributed by atoms with Crippen LogP contribution in [0.15, 0.2) is 54.6 Å². The lowest BCUT2D eigenvalue weighted by Gasteiger charge is -2.31. The third kappa shape index (κ3) is 6.41. The zero-order valence-corrected chi connectivity index (χ0v) is 18.3. The molecule has 2 aromatic rings. The molecule has 0 saturated carbocycles. The highest BCUT2D eigenvalue weighted by Gasteiger charge is 2.27. The van der Waals surface area contributed by atoms with Crippen LogP contribution in [0.5, 0.6) is 0 Å². The van der Waals surface area contributed by atoms with Gasteiger partial charge in [-0.2, -0.15) is 0 Å². The summed E-state index contributed by atoms with van der Waals surface area (Å²) in [6.07, 6.45) is 2.13. The molecule has 1 fully saturated rings. The molecule has 6 nitrogen and oxygen atoms in total. The smallest absolute Gasteiger partial charge is 0.253 e. The van der Waals surface area contributed by atoms with Crippen LogP contribution in [0, 0.1) is 11.8 Å². The van der Waals surface area contributed by atoms with E-state index in [9.17, 15) is 14.4 Å². The number of amides is 3. The Morgan fingerprint density at radius 3 is 2.39 bits per heavy atom. The second kappa shape index (κ2) is 10.8. The summed E-state index contributed by atoms with van der Waals surface area (Å²) in [5.41, 5.74) is 2.37. The predicted octanol–water partition coefficient (Wildman–Crippen LogP) is 3.49. The quantitative estimate of drug-likeness (QED) is 0.718. The van der Waals surface area contributed by atoms with Gasteiger partial charge in [-0.25, -0.2) is 0 Å². The van der Waals surface area contributed by atoms with Crippen molar-refractivity contribution < 1.29 is 14.4 Å². The van der Waals surface area contributed by atoms with Crippen molar-refractivity contribution in [2.24, 2.45) is 11.8 Å². The largest absolute Gasteiger partial charge is 0.356 e. The summed E-state index contributed by atoms with van der Waals surface area (Å²) in [4.78, 5) is 39.1. The molecule has 3 rings (SSSR count). The molecule has 0 atom stereocenters. The molecule has 0 radical (unpaired) electrons. The number of benzene rings is 2. The molecular weight excluding hydrogens is 390 g/mol. The Morgan fingerprint density at radius 1 is 1.00 bits per heavy atom. The van der Waals surface area contributed by atoms with E-state index in [2.05, 4.69) is 22.8 Å². The number of carbonyl (C=O) groups is 3. The zero-order chi connectivity index (χ0) is 22.2. The summed E-state index contributed by atoms with van der Waals surface area (Å²) in [6.45, 7) is 5.38. The van der Waals surface area contributed by atoms with Gasteiger partial charge in [0.05, 0.1) is 0 Å². The Balaban J connectivity index is 1.47. The lowest BCUT2D eigenvalue weighted by molar-refractivity contribution is -0.126. The molecular formula is C25H31N3O3. The van der Waals surface area contributed by atoms with Crippen LogP contribution in [0.3, 0.4) is 0 Å². The van der Waals surface area contributed by atoms with E-state index in [1.807, 2.05) is 32.0 Å². The molecule has 2 N–H and O–H groups in total. The fraction of sp³-hybridized carbons (Fsp3) is 0.400. The van der Waals surface area contributed by atoms with E-state index in [1.54, 1.807) is 29.2 Å². The van der Waals surface area contributed by atoms with Gasteiger partial charge < -0.3 is 15.5 Å². The van der Waals surface area contributed by atoms with E-state index < -0.39 is 0 Å². The first-order valence-electron chi connectivity index (χ1n) is 11.0. The van der Waals surface area contributed by atoms with Crippen molar-refractivity contribution in [3.8, 4) is 0 Å². The van der Waals surface area contributed by atoms with E-state index in [0.29, 0.717) is 43.7 Å². The molecule has 1 saturated heterocycles. The van der Waals surface area contributed by atoms with Gasteiger partial charge in [-0.15, -0.1) is 0 Å². The molecule has 0 unspecified atom stereocenters. The summed E-state index contributed by atoms with van der Waals surface area (Å²) < 4.78 is 0. The van der Waals surface area contributed by atoms with Gasteiger partial charge >= 0.3 is 0 Å². The number of piperidine rings is 1. The summed E-state index contributed by atoms with van der Waals surface area (Å²) >= 11 is 0. The summed E-state index contributed by atoms with van der Waals surface area (Å²) in [6, 6.07) is 17.1. The molecule has 0 aromatic heterocycles. The highest BCUT2D eigenvalue weighted by Crippen LogP contribution is 2.21. The van der Waals surface area contributed by atoms with Crippen molar-refractivity contribution in [3.63, 3.8) is 0 Å². The van der Waals surface area contributed by atoms with Crippen molar-refractivity contribution in [3.05, 3.63) is 65.7 Å². The van der Waals surface area contributed by atoms with Crippen LogP contribution in [0.2, 0.25) is 0 Å². The Labute approximate surface area is 184 Å². The number of hydrogen-bond donors (Lipinski definition) is 2. The normalized spacial score (nSPS) is 14.4. The first-order valence-corrected chi connectivity index (χ1v) is 11.0. The number of likely N-dealkylation sites (tertiary alicyclic amines) is 1. The van der Waals surface area contributed by atoms with E-state index in [-0.39, 0.29) is 29.6 Å². The van der Waals surface area contributed by atoms with Crippen molar-refractivity contribution in [1.29, 1.82) is 0 Å². The topological polar surface area (TPSA) is 78.5 Å². The Morgan fingerprint density at radius 2 is 1.71 bits per heavy atom. The minimum atomic E-state index is -0.128. The highest BCUT2D eigenvalue weighted by molar-refractivity contribution is 5.97. The first kappa shape index (κ1) is 22.5. The summed E-state index contributed by atoms with van der Waals surface area (Å²) in [5.74, 6) is -0.262. The molecule has 0 aliphatic carbocycles. The van der Waals surface area contributed by atoms with Gasteiger partial charge in [0.1, 0.15) is 0 Å². The molecule has 0 bridgehead atoms. The van der Waals surface area contributed by atoms with Crippen LogP contribution >= 0.6 is 0 Å². The molecule has 1 aliphatic heterocycles. The number of rotatable bonds is 7. The number of carbonyl (C=O) groups excluding carboxylic acids is 3. The lowest BCUT2D eigenvalue weighted by atomic mass is 9.95. The first-order chi connectivity index (χ1) is 14.9. The molecule has 164 valence electrons. The number of nitrogens with one attached hydrogen (secondary N) is 2. The van der Waals surface area contributed by atoms with Gasteiger partial charge in [-0.05, 0) is 43.0 Å². The van der Waals surface area contributed by atoms with Gasteiger partial charge in [0.25, 0.3) is 5.91 Å². The third-order valence-electron chi connectivity index (χ3n) is 5.61. The molecule has 1 aliphatic rings. The number of hydrogen-bond acceptors (Lipinski definition) is 3. The minimum Gasteiger partial charge on any atom is -0.356 e. The minimum absolute atomic E-state index is 0.0588. The van der Waals surface area contributed by atoms with Crippen LogP contribution in [0.25, 0.3) is 0 Å². The number of anilines is 1. The van der Waals surface area contributed by atoms with E-state index in [4.69, 9.17) is 0 Å². The lowest BCUT2D eigenvalue weighted by Crippen LogP contribution is -2.43. The van der Waals surface area contributed by atoms with Crippen molar-refractivity contribution in [1.82, 2.24) is 10.2 Å². The van der Waals surface area contributed by atoms with Crippen LogP contribution in [0.1, 0.15) is 42.6 Å². The molecule has 0 spiro atoms. The van der Waals surface area contributed by atoms with Crippen molar-refractivity contribution in [2.45, 2.75) is 33.1 Å². The standard InChI is InChI=1S/C25H31N3O3/c1-18(2)23(29)27-22-10-6-9-21(17-22)25(31)28-15-12-20(13-16-28)24(30)26-14-11-19-7-4-3-5-8-19/h3-10,17-18,20H,11-16H2,1-2H3,(H,26,30)(H,27,29). The van der Waals surface area contributed by atoms with Crippen molar-refractivity contribution in [2.75, 3.05) is 25.0 Å². The molecule has 31 heavy (non-hydrogen) atoms. The predicted molar refractivity (Wildman–Crippen MR) is 122 cm³/mol. The van der Waals surface area contributed by atoms with Gasteiger partial charge in [-0.3, -0.25) is 14.4 Å². The van der Waals surface area contributed by atoms with Crippen LogP contribution in [0.4, 0.5) is 5.69 Å². The van der Waals surface area contributed by atoms with Gasteiger partial charge in [-0.1, -0.05) is 50.2 Å². The average Bonchev–Trinajstić information content (AvgIpc) is 2.79. The third-order valence-corrected chi connectivity index (χ3v) is 5.61. The van der Waals surface area contributed by atoms with Crippen LogP contribution in [-0.4, -0.2) is 42.3 Å². The van der Waals surface area contributed by atoms with Crippen molar-refractivity contribution >= 4 is 23.4 Å². The zero-order valence-electron chi connectivity index (χ0n) is 18.3. The van der Waals surface area contributed by atoms with Crippen LogP contribution in [-0.2, 0) is 16.0 Å². The second-order valence-corrected chi connectivity index (χ2v) is 8.32. The Bertz CT molecular complexity index is 903. The highest BCUT2D eigenvalue weighted by atomic mass is 16.2. The second-order valence-electron chi connectivity index (χ2n) is 8.32. The summed E-state index contributed by atoms with van der Waals surface area (Å²) in [7, 11) is 0. The van der Waals surface area contributed by atoms with E-state index >= 15 is 0 Å². The Kier molecular flexibility index (Phi) is 7.82. The van der Waals surface area contributed by atoms with Gasteiger partial charge in [0, 0.05) is 42.7 Å². The maximum Gasteiger partial charge on any atom is 0.253 e. The monoisotopic (exact) mass is 421 g/mol. The Hall–Kier alpha value is -3.15. The van der Waals surface area contributed by atoms with Gasteiger partial charge in [0.2, 0.25) is 11.8 Å². The molecule has 2 aromatic carbocycles. The SMILES string of the molecule is CC(C)C(=O)Nc1cccc(C(=O)N2CCC(C(=O)NCCc3ccccc3)CC2)c1. The van der Waals surface area contributed by atoms with Gasteiger partial charge in [0.15, 0.2) is 0 Å². The molecule has 3 amide bonds. The maximum absolute atomic E-state index is 12.9. The average molecular weight is 422 g/mol. The number of nitrogens with zero attached hydrogens (tertiary/aromatic N) is 1. The summed E-state index contributed by atoms with van der Waals surface area (Å²) in [5, 5.41) is 5.86. The van der Waals surface area contributed by atoms with Crippen LogP contribution < -0.4 is 10.6 Å². The van der Waals surface area contributed by atoms with E-state index in [1.165, 1.54) is 5.56 Å². The fourth-order valence-electron chi connectivity index (χ4n) is 3.66. The molecule has 6 heteroatoms. The van der Waals surface area contributed by atoms with E-state index in [0.717, 1.165) is 6.42 Å². The fourth-order valence-corrected chi connectivity index (χ4v) is 3.66. The maximum atomic E-state index is 12.9.